The Hall–Kier alpha value is -2.67. The van der Waals surface area contributed by atoms with Crippen LogP contribution in [0.3, 0.4) is 0 Å². The Labute approximate surface area is 217 Å². The Morgan fingerprint density at radius 3 is 2.68 bits per heavy atom. The molecular formula is C25H27F2N3O5S2. The van der Waals surface area contributed by atoms with Crippen LogP contribution in [0.5, 0.6) is 5.75 Å². The quantitative estimate of drug-likeness (QED) is 0.438. The Morgan fingerprint density at radius 2 is 1.97 bits per heavy atom. The lowest BCUT2D eigenvalue weighted by molar-refractivity contribution is -0.123. The van der Waals surface area contributed by atoms with Gasteiger partial charge in [0.25, 0.3) is 0 Å². The first-order valence-corrected chi connectivity index (χ1v) is 14.3. The van der Waals surface area contributed by atoms with Crippen molar-refractivity contribution in [2.45, 2.75) is 36.7 Å². The number of sulfonamides is 1. The molecule has 1 unspecified atom stereocenters. The predicted molar refractivity (Wildman–Crippen MR) is 135 cm³/mol. The van der Waals surface area contributed by atoms with Crippen molar-refractivity contribution in [3.63, 3.8) is 0 Å². The molecular weight excluding hydrogens is 524 g/mol. The SMILES string of the molecule is COc1ccc2sc(N(CC3CCCO3)C(=O)C3CCN(S(=O)(=O)c4cc(F)ccc4F)CC3)nc2c1. The fraction of sp³-hybridized carbons (Fsp3) is 0.440. The standard InChI is InChI=1S/C25H27F2N3O5S2/c1-34-18-5-7-22-21(14-18)28-25(36-22)30(15-19-3-2-12-35-19)24(31)16-8-10-29(11-9-16)37(32,33)23-13-17(26)4-6-20(23)27/h4-7,13-14,16,19H,2-3,8-12,15H2,1H3. The van der Waals surface area contributed by atoms with E-state index in [9.17, 15) is 22.0 Å². The molecule has 3 aromatic rings. The van der Waals surface area contributed by atoms with Gasteiger partial charge in [-0.1, -0.05) is 11.3 Å². The molecule has 2 aliphatic rings. The van der Waals surface area contributed by atoms with Crippen molar-refractivity contribution in [1.29, 1.82) is 0 Å². The van der Waals surface area contributed by atoms with Gasteiger partial charge in [-0.25, -0.2) is 22.2 Å². The second-order valence-electron chi connectivity index (χ2n) is 9.17. The number of anilines is 1. The molecule has 5 rings (SSSR count). The Morgan fingerprint density at radius 1 is 1.19 bits per heavy atom. The van der Waals surface area contributed by atoms with Gasteiger partial charge < -0.3 is 9.47 Å². The molecule has 0 saturated carbocycles. The summed E-state index contributed by atoms with van der Waals surface area (Å²) >= 11 is 1.40. The molecule has 2 aromatic carbocycles. The first kappa shape index (κ1) is 26.0. The number of piperidine rings is 1. The number of hydrogen-bond acceptors (Lipinski definition) is 7. The van der Waals surface area contributed by atoms with Crippen LogP contribution < -0.4 is 9.64 Å². The minimum Gasteiger partial charge on any atom is -0.497 e. The highest BCUT2D eigenvalue weighted by Gasteiger charge is 2.37. The zero-order valence-corrected chi connectivity index (χ0v) is 21.9. The van der Waals surface area contributed by atoms with E-state index in [1.165, 1.54) is 11.3 Å². The molecule has 3 heterocycles. The monoisotopic (exact) mass is 551 g/mol. The molecule has 0 radical (unpaired) electrons. The molecule has 0 aliphatic carbocycles. The van der Waals surface area contributed by atoms with Gasteiger partial charge in [-0.2, -0.15) is 4.31 Å². The number of hydrogen-bond donors (Lipinski definition) is 0. The van der Waals surface area contributed by atoms with Crippen LogP contribution in [0.15, 0.2) is 41.3 Å². The number of carbonyl (C=O) groups excluding carboxylic acids is 1. The molecule has 1 amide bonds. The van der Waals surface area contributed by atoms with Crippen molar-refractivity contribution in [1.82, 2.24) is 9.29 Å². The molecule has 37 heavy (non-hydrogen) atoms. The van der Waals surface area contributed by atoms with Crippen molar-refractivity contribution in [3.8, 4) is 5.75 Å². The summed E-state index contributed by atoms with van der Waals surface area (Å²) in [6.07, 6.45) is 2.20. The zero-order valence-electron chi connectivity index (χ0n) is 20.2. The van der Waals surface area contributed by atoms with E-state index in [4.69, 9.17) is 14.5 Å². The van der Waals surface area contributed by atoms with Gasteiger partial charge >= 0.3 is 0 Å². The maximum absolute atomic E-state index is 14.2. The number of aromatic nitrogens is 1. The number of ether oxygens (including phenoxy) is 2. The van der Waals surface area contributed by atoms with Crippen LogP contribution in [-0.2, 0) is 19.6 Å². The van der Waals surface area contributed by atoms with Crippen LogP contribution >= 0.6 is 11.3 Å². The van der Waals surface area contributed by atoms with Crippen molar-refractivity contribution in [2.75, 3.05) is 38.3 Å². The zero-order chi connectivity index (χ0) is 26.2. The second-order valence-corrected chi connectivity index (χ2v) is 12.1. The van der Waals surface area contributed by atoms with Gasteiger partial charge in [-0.15, -0.1) is 0 Å². The van der Waals surface area contributed by atoms with Crippen LogP contribution in [0.25, 0.3) is 10.2 Å². The Balaban J connectivity index is 1.35. The van der Waals surface area contributed by atoms with E-state index in [-0.39, 0.29) is 37.9 Å². The molecule has 1 aromatic heterocycles. The summed E-state index contributed by atoms with van der Waals surface area (Å²) in [7, 11) is -2.65. The average Bonchev–Trinajstić information content (AvgIpc) is 3.57. The van der Waals surface area contributed by atoms with Gasteiger partial charge in [0.2, 0.25) is 15.9 Å². The third-order valence-corrected chi connectivity index (χ3v) is 9.78. The van der Waals surface area contributed by atoms with Gasteiger partial charge in [0.15, 0.2) is 5.13 Å². The molecule has 0 N–H and O–H groups in total. The van der Waals surface area contributed by atoms with E-state index in [0.717, 1.165) is 39.5 Å². The molecule has 0 bridgehead atoms. The number of nitrogens with zero attached hydrogens (tertiary/aromatic N) is 3. The van der Waals surface area contributed by atoms with Crippen molar-refractivity contribution < 1.29 is 31.5 Å². The Bertz CT molecular complexity index is 1400. The van der Waals surface area contributed by atoms with Crippen LogP contribution in [-0.4, -0.2) is 63.1 Å². The number of halogens is 2. The molecule has 8 nitrogen and oxygen atoms in total. The van der Waals surface area contributed by atoms with Crippen LogP contribution in [0.1, 0.15) is 25.7 Å². The highest BCUT2D eigenvalue weighted by molar-refractivity contribution is 7.89. The minimum atomic E-state index is -4.23. The number of amides is 1. The highest BCUT2D eigenvalue weighted by atomic mass is 32.2. The average molecular weight is 552 g/mol. The summed E-state index contributed by atoms with van der Waals surface area (Å²) in [6.45, 7) is 1.07. The van der Waals surface area contributed by atoms with E-state index >= 15 is 0 Å². The van der Waals surface area contributed by atoms with Crippen molar-refractivity contribution in [3.05, 3.63) is 48.0 Å². The van der Waals surface area contributed by atoms with E-state index < -0.39 is 32.5 Å². The third kappa shape index (κ3) is 5.33. The number of fused-ring (bicyclic) bond motifs is 1. The maximum Gasteiger partial charge on any atom is 0.246 e. The molecule has 12 heteroatoms. The maximum atomic E-state index is 14.2. The number of thiazole rings is 1. The van der Waals surface area contributed by atoms with Gasteiger partial charge in [-0.05, 0) is 56.0 Å². The van der Waals surface area contributed by atoms with Gasteiger partial charge in [0.05, 0.1) is 30.0 Å². The summed E-state index contributed by atoms with van der Waals surface area (Å²) in [5, 5.41) is 0.556. The van der Waals surface area contributed by atoms with Gasteiger partial charge in [-0.3, -0.25) is 9.69 Å². The van der Waals surface area contributed by atoms with Crippen LogP contribution in [0.4, 0.5) is 13.9 Å². The van der Waals surface area contributed by atoms with E-state index in [0.29, 0.717) is 30.1 Å². The number of carbonyl (C=O) groups is 1. The largest absolute Gasteiger partial charge is 0.497 e. The fourth-order valence-corrected chi connectivity index (χ4v) is 7.28. The van der Waals surface area contributed by atoms with Crippen LogP contribution in [0, 0.1) is 17.6 Å². The first-order chi connectivity index (χ1) is 17.8. The second kappa shape index (κ2) is 10.6. The lowest BCUT2D eigenvalue weighted by Crippen LogP contribution is -2.46. The first-order valence-electron chi connectivity index (χ1n) is 12.1. The molecule has 198 valence electrons. The normalized spacial score (nSPS) is 19.4. The molecule has 2 saturated heterocycles. The summed E-state index contributed by atoms with van der Waals surface area (Å²) in [5.41, 5.74) is 0.725. The Kier molecular flexibility index (Phi) is 7.44. The molecule has 0 spiro atoms. The summed E-state index contributed by atoms with van der Waals surface area (Å²) in [5.74, 6) is -1.75. The number of methoxy groups -OCH3 is 1. The number of rotatable bonds is 7. The smallest absolute Gasteiger partial charge is 0.246 e. The van der Waals surface area contributed by atoms with Crippen molar-refractivity contribution >= 4 is 42.6 Å². The van der Waals surface area contributed by atoms with Crippen LogP contribution in [0.2, 0.25) is 0 Å². The lowest BCUT2D eigenvalue weighted by atomic mass is 9.96. The highest BCUT2D eigenvalue weighted by Crippen LogP contribution is 2.34. The third-order valence-electron chi connectivity index (χ3n) is 6.80. The van der Waals surface area contributed by atoms with E-state index in [2.05, 4.69) is 0 Å². The number of benzene rings is 2. The molecule has 2 aliphatic heterocycles. The van der Waals surface area contributed by atoms with Gasteiger partial charge in [0.1, 0.15) is 22.3 Å². The van der Waals surface area contributed by atoms with E-state index in [1.807, 2.05) is 18.2 Å². The lowest BCUT2D eigenvalue weighted by Gasteiger charge is -2.33. The predicted octanol–water partition coefficient (Wildman–Crippen LogP) is 4.20. The van der Waals surface area contributed by atoms with Gasteiger partial charge in [0, 0.05) is 31.7 Å². The summed E-state index contributed by atoms with van der Waals surface area (Å²) < 4.78 is 66.9. The van der Waals surface area contributed by atoms with Crippen molar-refractivity contribution in [2.24, 2.45) is 5.92 Å². The summed E-state index contributed by atoms with van der Waals surface area (Å²) in [6, 6.07) is 7.93. The topological polar surface area (TPSA) is 89.0 Å². The molecule has 1 atom stereocenters. The minimum absolute atomic E-state index is 0.0273. The summed E-state index contributed by atoms with van der Waals surface area (Å²) in [4.78, 5) is 19.4. The van der Waals surface area contributed by atoms with E-state index in [1.54, 1.807) is 12.0 Å². The molecule has 2 fully saturated rings. The fourth-order valence-electron chi connectivity index (χ4n) is 4.77.